The van der Waals surface area contributed by atoms with Gasteiger partial charge in [-0.05, 0) is 30.5 Å². The summed E-state index contributed by atoms with van der Waals surface area (Å²) in [5.74, 6) is 0. The Bertz CT molecular complexity index is 309. The second-order valence-corrected chi connectivity index (χ2v) is 4.52. The fraction of sp³-hybridized carbons (Fsp3) is 0.538. The number of rotatable bonds is 5. The molecule has 1 nitrogen and oxygen atoms in total. The van der Waals surface area contributed by atoms with Crippen LogP contribution in [-0.4, -0.2) is 0 Å². The maximum Gasteiger partial charge on any atom is 0.0438 e. The highest BCUT2D eigenvalue weighted by Crippen LogP contribution is 2.23. The van der Waals surface area contributed by atoms with Gasteiger partial charge in [0, 0.05) is 11.1 Å². The molecule has 0 spiro atoms. The third-order valence-electron chi connectivity index (χ3n) is 2.74. The normalized spacial score (nSPS) is 12.8. The van der Waals surface area contributed by atoms with E-state index in [1.165, 1.54) is 19.3 Å². The summed E-state index contributed by atoms with van der Waals surface area (Å²) >= 11 is 6.06. The molecule has 2 heteroatoms. The summed E-state index contributed by atoms with van der Waals surface area (Å²) in [6, 6.07) is 6.25. The Morgan fingerprint density at radius 2 is 2.07 bits per heavy atom. The van der Waals surface area contributed by atoms with E-state index in [2.05, 4.69) is 13.0 Å². The Labute approximate surface area is 97.6 Å². The molecular weight excluding hydrogens is 206 g/mol. The summed E-state index contributed by atoms with van der Waals surface area (Å²) < 4.78 is 0. The number of aryl methyl sites for hydroxylation is 1. The molecule has 0 radical (unpaired) electrons. The summed E-state index contributed by atoms with van der Waals surface area (Å²) in [4.78, 5) is 0. The van der Waals surface area contributed by atoms with Gasteiger partial charge >= 0.3 is 0 Å². The van der Waals surface area contributed by atoms with Crippen LogP contribution in [0.15, 0.2) is 18.2 Å². The quantitative estimate of drug-likeness (QED) is 0.746. The van der Waals surface area contributed by atoms with Gasteiger partial charge in [0.1, 0.15) is 0 Å². The van der Waals surface area contributed by atoms with Crippen LogP contribution in [0.25, 0.3) is 0 Å². The zero-order chi connectivity index (χ0) is 11.3. The highest BCUT2D eigenvalue weighted by atomic mass is 35.5. The summed E-state index contributed by atoms with van der Waals surface area (Å²) in [5.41, 5.74) is 8.36. The van der Waals surface area contributed by atoms with Gasteiger partial charge in [0.15, 0.2) is 0 Å². The number of hydrogen-bond donors (Lipinski definition) is 1. The Hall–Kier alpha value is -0.530. The number of nitrogens with two attached hydrogens (primary N) is 1. The van der Waals surface area contributed by atoms with Crippen molar-refractivity contribution in [3.8, 4) is 0 Å². The monoisotopic (exact) mass is 225 g/mol. The summed E-state index contributed by atoms with van der Waals surface area (Å²) in [5, 5.41) is 0.818. The van der Waals surface area contributed by atoms with Crippen molar-refractivity contribution in [1.29, 1.82) is 0 Å². The lowest BCUT2D eigenvalue weighted by molar-refractivity contribution is 0.581. The van der Waals surface area contributed by atoms with Crippen molar-refractivity contribution in [2.75, 3.05) is 0 Å². The van der Waals surface area contributed by atoms with E-state index in [1.807, 2.05) is 19.1 Å². The lowest BCUT2D eigenvalue weighted by Gasteiger charge is -2.12. The Balaban J connectivity index is 2.57. The third kappa shape index (κ3) is 3.84. The minimum absolute atomic E-state index is 0.134. The highest BCUT2D eigenvalue weighted by Gasteiger charge is 2.06. The van der Waals surface area contributed by atoms with E-state index in [-0.39, 0.29) is 6.04 Å². The molecule has 0 amide bonds. The minimum atomic E-state index is 0.134. The van der Waals surface area contributed by atoms with E-state index in [1.54, 1.807) is 0 Å². The molecule has 15 heavy (non-hydrogen) atoms. The van der Waals surface area contributed by atoms with Crippen LogP contribution in [0.2, 0.25) is 5.02 Å². The van der Waals surface area contributed by atoms with E-state index >= 15 is 0 Å². The molecule has 0 saturated heterocycles. The number of unbranched alkanes of at least 4 members (excludes halogenated alkanes) is 2. The molecule has 0 heterocycles. The van der Waals surface area contributed by atoms with Gasteiger partial charge in [0.2, 0.25) is 0 Å². The zero-order valence-electron chi connectivity index (χ0n) is 9.59. The standard InChI is InChI=1S/C13H20ClN/c1-3-4-5-6-13(15)11-8-7-10(2)12(14)9-11/h7-9,13H,3-6,15H2,1-2H3. The fourth-order valence-electron chi connectivity index (χ4n) is 1.62. The molecule has 1 rings (SSSR count). The van der Waals surface area contributed by atoms with Gasteiger partial charge in [-0.25, -0.2) is 0 Å². The molecule has 0 fully saturated rings. The van der Waals surface area contributed by atoms with E-state index in [9.17, 15) is 0 Å². The van der Waals surface area contributed by atoms with E-state index in [0.717, 1.165) is 22.6 Å². The lowest BCUT2D eigenvalue weighted by Crippen LogP contribution is -2.10. The first-order valence-electron chi connectivity index (χ1n) is 5.66. The van der Waals surface area contributed by atoms with Crippen LogP contribution < -0.4 is 5.73 Å². The SMILES string of the molecule is CCCCCC(N)c1ccc(C)c(Cl)c1. The molecule has 84 valence electrons. The van der Waals surface area contributed by atoms with Crippen LogP contribution in [-0.2, 0) is 0 Å². The molecule has 1 aromatic rings. The first-order chi connectivity index (χ1) is 7.15. The third-order valence-corrected chi connectivity index (χ3v) is 3.15. The molecule has 0 aromatic heterocycles. The second-order valence-electron chi connectivity index (χ2n) is 4.11. The van der Waals surface area contributed by atoms with Gasteiger partial charge in [-0.15, -0.1) is 0 Å². The zero-order valence-corrected chi connectivity index (χ0v) is 10.3. The molecule has 1 unspecified atom stereocenters. The van der Waals surface area contributed by atoms with Gasteiger partial charge < -0.3 is 5.73 Å². The summed E-state index contributed by atoms with van der Waals surface area (Å²) in [6.07, 6.45) is 4.74. The van der Waals surface area contributed by atoms with Crippen LogP contribution in [0.5, 0.6) is 0 Å². The Morgan fingerprint density at radius 1 is 1.33 bits per heavy atom. The van der Waals surface area contributed by atoms with Crippen molar-refractivity contribution in [3.05, 3.63) is 34.3 Å². The molecule has 1 atom stereocenters. The van der Waals surface area contributed by atoms with E-state index in [0.29, 0.717) is 0 Å². The van der Waals surface area contributed by atoms with Crippen molar-refractivity contribution in [1.82, 2.24) is 0 Å². The second kappa shape index (κ2) is 6.14. The molecule has 0 bridgehead atoms. The van der Waals surface area contributed by atoms with Crippen molar-refractivity contribution < 1.29 is 0 Å². The van der Waals surface area contributed by atoms with E-state index < -0.39 is 0 Å². The van der Waals surface area contributed by atoms with Crippen molar-refractivity contribution in [3.63, 3.8) is 0 Å². The van der Waals surface area contributed by atoms with Crippen LogP contribution in [0.3, 0.4) is 0 Å². The molecule has 0 saturated carbocycles. The van der Waals surface area contributed by atoms with Crippen LogP contribution in [0.1, 0.15) is 49.8 Å². The fourth-order valence-corrected chi connectivity index (χ4v) is 1.81. The summed E-state index contributed by atoms with van der Waals surface area (Å²) in [7, 11) is 0. The van der Waals surface area contributed by atoms with Crippen molar-refractivity contribution in [2.45, 2.75) is 45.6 Å². The maximum atomic E-state index is 6.10. The summed E-state index contributed by atoms with van der Waals surface area (Å²) in [6.45, 7) is 4.21. The largest absolute Gasteiger partial charge is 0.324 e. The first kappa shape index (κ1) is 12.5. The lowest BCUT2D eigenvalue weighted by atomic mass is 10.0. The average Bonchev–Trinajstić information content (AvgIpc) is 2.22. The van der Waals surface area contributed by atoms with Gasteiger partial charge in [-0.3, -0.25) is 0 Å². The topological polar surface area (TPSA) is 26.0 Å². The molecule has 2 N–H and O–H groups in total. The molecule has 0 aliphatic heterocycles. The molecule has 1 aromatic carbocycles. The van der Waals surface area contributed by atoms with E-state index in [4.69, 9.17) is 17.3 Å². The number of hydrogen-bond acceptors (Lipinski definition) is 1. The van der Waals surface area contributed by atoms with Crippen LogP contribution >= 0.6 is 11.6 Å². The predicted octanol–water partition coefficient (Wildman–Crippen LogP) is 4.23. The van der Waals surface area contributed by atoms with Gasteiger partial charge in [0.25, 0.3) is 0 Å². The average molecular weight is 226 g/mol. The minimum Gasteiger partial charge on any atom is -0.324 e. The highest BCUT2D eigenvalue weighted by molar-refractivity contribution is 6.31. The van der Waals surface area contributed by atoms with Crippen LogP contribution in [0, 0.1) is 6.92 Å². The smallest absolute Gasteiger partial charge is 0.0438 e. The van der Waals surface area contributed by atoms with Gasteiger partial charge in [-0.1, -0.05) is 49.9 Å². The van der Waals surface area contributed by atoms with Crippen molar-refractivity contribution in [2.24, 2.45) is 5.73 Å². The van der Waals surface area contributed by atoms with Crippen molar-refractivity contribution >= 4 is 11.6 Å². The predicted molar refractivity (Wildman–Crippen MR) is 67.3 cm³/mol. The Kier molecular flexibility index (Phi) is 5.13. The maximum absolute atomic E-state index is 6.10. The van der Waals surface area contributed by atoms with Gasteiger partial charge in [0.05, 0.1) is 0 Å². The van der Waals surface area contributed by atoms with Gasteiger partial charge in [-0.2, -0.15) is 0 Å². The molecular formula is C13H20ClN. The first-order valence-corrected chi connectivity index (χ1v) is 6.04. The molecule has 0 aliphatic carbocycles. The number of halogens is 1. The number of benzene rings is 1. The molecule has 0 aliphatic rings. The van der Waals surface area contributed by atoms with Crippen LogP contribution in [0.4, 0.5) is 0 Å². The Morgan fingerprint density at radius 3 is 2.67 bits per heavy atom.